The number of likely N-dealkylation sites (N-methyl/N-ethyl adjacent to an activating group) is 1. The maximum Gasteiger partial charge on any atom is 0.407 e. The molecule has 0 heterocycles. The Balaban J connectivity index is 1.40. The molecular formula is C26H30N2O5S. The highest BCUT2D eigenvalue weighted by molar-refractivity contribution is 7.99. The first-order chi connectivity index (χ1) is 16.4. The fraction of sp³-hybridized carbons (Fsp3) is 0.423. The number of hydrogen-bond acceptors (Lipinski definition) is 5. The van der Waals surface area contributed by atoms with Crippen molar-refractivity contribution >= 4 is 29.7 Å². The van der Waals surface area contributed by atoms with E-state index in [1.165, 1.54) is 0 Å². The summed E-state index contributed by atoms with van der Waals surface area (Å²) >= 11 is 1.78. The third-order valence-electron chi connectivity index (χ3n) is 6.88. The van der Waals surface area contributed by atoms with E-state index in [9.17, 15) is 14.4 Å². The quantitative estimate of drug-likeness (QED) is 0.558. The van der Waals surface area contributed by atoms with Crippen LogP contribution in [0.25, 0.3) is 11.1 Å². The molecule has 2 amide bonds. The topological polar surface area (TPSA) is 95.9 Å². The molecule has 2 N–H and O–H groups in total. The van der Waals surface area contributed by atoms with E-state index < -0.39 is 18.1 Å². The van der Waals surface area contributed by atoms with Gasteiger partial charge < -0.3 is 20.1 Å². The summed E-state index contributed by atoms with van der Waals surface area (Å²) in [4.78, 5) is 38.5. The standard InChI is InChI=1S/C26H30N2O5S/c1-28(16-13-17(14-16)34-2)25(31)23(11-12-24(29)30)27-26(32)33-15-22-20-9-5-3-7-18(20)19-8-4-6-10-21(19)22/h3-10,16-17,22-23H,11-15H2,1-2H3,(H,27,32)(H,29,30). The predicted molar refractivity (Wildman–Crippen MR) is 132 cm³/mol. The summed E-state index contributed by atoms with van der Waals surface area (Å²) in [6.07, 6.45) is 2.94. The van der Waals surface area contributed by atoms with Crippen molar-refractivity contribution in [1.29, 1.82) is 0 Å². The van der Waals surface area contributed by atoms with Crippen LogP contribution in [0.15, 0.2) is 48.5 Å². The Morgan fingerprint density at radius 3 is 2.24 bits per heavy atom. The molecule has 0 saturated heterocycles. The molecule has 1 saturated carbocycles. The number of alkyl carbamates (subject to hydrolysis) is 1. The molecule has 180 valence electrons. The first kappa shape index (κ1) is 24.1. The van der Waals surface area contributed by atoms with Gasteiger partial charge in [-0.2, -0.15) is 11.8 Å². The number of fused-ring (bicyclic) bond motifs is 3. The Morgan fingerprint density at radius 2 is 1.68 bits per heavy atom. The lowest BCUT2D eigenvalue weighted by molar-refractivity contribution is -0.138. The van der Waals surface area contributed by atoms with Crippen molar-refractivity contribution in [3.05, 3.63) is 59.7 Å². The molecule has 1 unspecified atom stereocenters. The highest BCUT2D eigenvalue weighted by Gasteiger charge is 2.37. The number of nitrogens with one attached hydrogen (secondary N) is 1. The van der Waals surface area contributed by atoms with Gasteiger partial charge in [-0.3, -0.25) is 9.59 Å². The Morgan fingerprint density at radius 1 is 1.09 bits per heavy atom. The minimum Gasteiger partial charge on any atom is -0.481 e. The van der Waals surface area contributed by atoms with Crippen LogP contribution < -0.4 is 5.32 Å². The molecule has 8 heteroatoms. The number of hydrogen-bond donors (Lipinski definition) is 2. The smallest absolute Gasteiger partial charge is 0.407 e. The molecule has 0 radical (unpaired) electrons. The predicted octanol–water partition coefficient (Wildman–Crippen LogP) is 4.11. The minimum absolute atomic E-state index is 0.0153. The molecule has 7 nitrogen and oxygen atoms in total. The number of carboxylic acid groups (broad SMARTS) is 1. The number of rotatable bonds is 9. The second-order valence-electron chi connectivity index (χ2n) is 8.89. The molecule has 1 fully saturated rings. The van der Waals surface area contributed by atoms with Gasteiger partial charge in [-0.05, 0) is 47.8 Å². The van der Waals surface area contributed by atoms with Crippen LogP contribution in [0.1, 0.15) is 42.7 Å². The molecule has 2 aliphatic carbocycles. The fourth-order valence-electron chi connectivity index (χ4n) is 4.78. The second kappa shape index (κ2) is 10.5. The largest absolute Gasteiger partial charge is 0.481 e. The summed E-state index contributed by atoms with van der Waals surface area (Å²) in [5.74, 6) is -1.38. The summed E-state index contributed by atoms with van der Waals surface area (Å²) in [6.45, 7) is 0.133. The van der Waals surface area contributed by atoms with Crippen molar-refractivity contribution in [3.8, 4) is 11.1 Å². The number of aliphatic carboxylic acids is 1. The number of carbonyl (C=O) groups is 3. The summed E-state index contributed by atoms with van der Waals surface area (Å²) in [7, 11) is 1.72. The van der Waals surface area contributed by atoms with Crippen LogP contribution in [0.3, 0.4) is 0 Å². The number of ether oxygens (including phenoxy) is 1. The van der Waals surface area contributed by atoms with Crippen LogP contribution in [-0.4, -0.2) is 65.2 Å². The Bertz CT molecular complexity index is 1020. The molecule has 2 aromatic rings. The number of nitrogens with zero attached hydrogens (tertiary/aromatic N) is 1. The van der Waals surface area contributed by atoms with Gasteiger partial charge in [-0.1, -0.05) is 48.5 Å². The van der Waals surface area contributed by atoms with E-state index in [0.717, 1.165) is 35.1 Å². The highest BCUT2D eigenvalue weighted by atomic mass is 32.2. The lowest BCUT2D eigenvalue weighted by Crippen LogP contribution is -2.54. The molecule has 0 aromatic heterocycles. The zero-order chi connectivity index (χ0) is 24.2. The van der Waals surface area contributed by atoms with E-state index in [1.54, 1.807) is 23.7 Å². The number of carbonyl (C=O) groups excluding carboxylic acids is 2. The Kier molecular flexibility index (Phi) is 7.46. The number of thioether (sulfide) groups is 1. The highest BCUT2D eigenvalue weighted by Crippen LogP contribution is 2.44. The van der Waals surface area contributed by atoms with Crippen LogP contribution in [0.5, 0.6) is 0 Å². The van der Waals surface area contributed by atoms with Crippen molar-refractivity contribution < 1.29 is 24.2 Å². The van der Waals surface area contributed by atoms with Gasteiger partial charge in [0.15, 0.2) is 0 Å². The molecule has 0 spiro atoms. The SMILES string of the molecule is CSC1CC(N(C)C(=O)C(CCC(=O)O)NC(=O)OCC2c3ccccc3-c3ccccc32)C1. The Hall–Kier alpha value is -3.00. The van der Waals surface area contributed by atoms with Crippen LogP contribution in [0.4, 0.5) is 4.79 Å². The second-order valence-corrected chi connectivity index (χ2v) is 10.0. The summed E-state index contributed by atoms with van der Waals surface area (Å²) in [5, 5.41) is 12.3. The third kappa shape index (κ3) is 5.06. The normalized spacial score (nSPS) is 19.4. The summed E-state index contributed by atoms with van der Waals surface area (Å²) in [5.41, 5.74) is 4.46. The molecular weight excluding hydrogens is 452 g/mol. The molecule has 1 atom stereocenters. The van der Waals surface area contributed by atoms with E-state index >= 15 is 0 Å². The maximum absolute atomic E-state index is 13.1. The van der Waals surface area contributed by atoms with Crippen LogP contribution >= 0.6 is 11.8 Å². The van der Waals surface area contributed by atoms with Gasteiger partial charge in [-0.25, -0.2) is 4.79 Å². The first-order valence-electron chi connectivity index (χ1n) is 11.5. The monoisotopic (exact) mass is 482 g/mol. The Labute approximate surface area is 203 Å². The summed E-state index contributed by atoms with van der Waals surface area (Å²) in [6, 6.07) is 15.3. The number of amides is 2. The summed E-state index contributed by atoms with van der Waals surface area (Å²) < 4.78 is 5.57. The number of carboxylic acids is 1. The average Bonchev–Trinajstić information content (AvgIpc) is 3.13. The van der Waals surface area contributed by atoms with Crippen molar-refractivity contribution in [2.24, 2.45) is 0 Å². The third-order valence-corrected chi connectivity index (χ3v) is 7.93. The van der Waals surface area contributed by atoms with Gasteiger partial charge in [0.2, 0.25) is 5.91 Å². The van der Waals surface area contributed by atoms with E-state index in [1.807, 2.05) is 36.4 Å². The minimum atomic E-state index is -1.01. The lowest BCUT2D eigenvalue weighted by Gasteiger charge is -2.41. The van der Waals surface area contributed by atoms with Gasteiger partial charge >= 0.3 is 12.1 Å². The molecule has 4 rings (SSSR count). The van der Waals surface area contributed by atoms with E-state index in [0.29, 0.717) is 5.25 Å². The first-order valence-corrected chi connectivity index (χ1v) is 12.8. The fourth-order valence-corrected chi connectivity index (χ4v) is 5.61. The van der Waals surface area contributed by atoms with E-state index in [2.05, 4.69) is 23.7 Å². The van der Waals surface area contributed by atoms with Crippen LogP contribution in [0, 0.1) is 0 Å². The van der Waals surface area contributed by atoms with Gasteiger partial charge in [0.05, 0.1) is 0 Å². The zero-order valence-electron chi connectivity index (χ0n) is 19.4. The van der Waals surface area contributed by atoms with E-state index in [-0.39, 0.29) is 37.3 Å². The van der Waals surface area contributed by atoms with Gasteiger partial charge in [0.1, 0.15) is 12.6 Å². The molecule has 2 aliphatic rings. The van der Waals surface area contributed by atoms with Crippen LogP contribution in [-0.2, 0) is 14.3 Å². The lowest BCUT2D eigenvalue weighted by atomic mass is 9.90. The molecule has 34 heavy (non-hydrogen) atoms. The van der Waals surface area contributed by atoms with Crippen LogP contribution in [0.2, 0.25) is 0 Å². The van der Waals surface area contributed by atoms with Gasteiger partial charge in [0, 0.05) is 30.7 Å². The molecule has 0 aliphatic heterocycles. The molecule has 0 bridgehead atoms. The van der Waals surface area contributed by atoms with Crippen molar-refractivity contribution in [1.82, 2.24) is 10.2 Å². The van der Waals surface area contributed by atoms with E-state index in [4.69, 9.17) is 9.84 Å². The molecule has 2 aromatic carbocycles. The number of benzene rings is 2. The average molecular weight is 483 g/mol. The van der Waals surface area contributed by atoms with Crippen molar-refractivity contribution in [3.63, 3.8) is 0 Å². The van der Waals surface area contributed by atoms with Gasteiger partial charge in [-0.15, -0.1) is 0 Å². The van der Waals surface area contributed by atoms with Crippen molar-refractivity contribution in [2.75, 3.05) is 19.9 Å². The van der Waals surface area contributed by atoms with Crippen molar-refractivity contribution in [2.45, 2.75) is 48.9 Å². The van der Waals surface area contributed by atoms with Gasteiger partial charge in [0.25, 0.3) is 0 Å². The maximum atomic E-state index is 13.1. The zero-order valence-corrected chi connectivity index (χ0v) is 20.2.